The first-order valence-electron chi connectivity index (χ1n) is 10.7. The van der Waals surface area contributed by atoms with E-state index in [1.807, 2.05) is 38.1 Å². The minimum absolute atomic E-state index is 0.103. The molecule has 6 heteroatoms. The van der Waals surface area contributed by atoms with Crippen LogP contribution in [0.5, 0.6) is 5.75 Å². The van der Waals surface area contributed by atoms with Gasteiger partial charge >= 0.3 is 5.97 Å². The van der Waals surface area contributed by atoms with E-state index in [2.05, 4.69) is 31.9 Å². The average Bonchev–Trinajstić information content (AvgIpc) is 2.80. The quantitative estimate of drug-likeness (QED) is 0.141. The van der Waals surface area contributed by atoms with Gasteiger partial charge in [-0.1, -0.05) is 88.2 Å². The molecule has 1 heterocycles. The van der Waals surface area contributed by atoms with Crippen molar-refractivity contribution >= 4 is 49.4 Å². The van der Waals surface area contributed by atoms with Crippen LogP contribution < -0.4 is 4.74 Å². The first-order chi connectivity index (χ1) is 15.8. The van der Waals surface area contributed by atoms with Gasteiger partial charge in [-0.2, -0.15) is 0 Å². The maximum atomic E-state index is 13.8. The SMILES string of the molecule is CC(C)C(C(=O)c1ccc(Br)cc1)C1c2cc(Br)ccc2OC(=O)C1C(=O)c1ccccc1. The Labute approximate surface area is 209 Å². The van der Waals surface area contributed by atoms with Crippen molar-refractivity contribution in [2.75, 3.05) is 0 Å². The van der Waals surface area contributed by atoms with Gasteiger partial charge in [-0.25, -0.2) is 0 Å². The Bertz CT molecular complexity index is 1200. The highest BCUT2D eigenvalue weighted by atomic mass is 79.9. The molecule has 3 unspecified atom stereocenters. The molecule has 0 radical (unpaired) electrons. The monoisotopic (exact) mass is 568 g/mol. The third-order valence-corrected chi connectivity index (χ3v) is 7.05. The minimum atomic E-state index is -1.12. The molecule has 0 fully saturated rings. The molecule has 3 atom stereocenters. The second kappa shape index (κ2) is 9.74. The van der Waals surface area contributed by atoms with Gasteiger partial charge in [-0.15, -0.1) is 0 Å². The van der Waals surface area contributed by atoms with Crippen LogP contribution in [0, 0.1) is 17.8 Å². The van der Waals surface area contributed by atoms with E-state index >= 15 is 0 Å². The summed E-state index contributed by atoms with van der Waals surface area (Å²) < 4.78 is 7.26. The number of carbonyl (C=O) groups excluding carboxylic acids is 3. The van der Waals surface area contributed by atoms with E-state index in [9.17, 15) is 14.4 Å². The highest BCUT2D eigenvalue weighted by molar-refractivity contribution is 9.10. The van der Waals surface area contributed by atoms with Gasteiger partial charge < -0.3 is 4.74 Å². The van der Waals surface area contributed by atoms with Crippen molar-refractivity contribution in [1.82, 2.24) is 0 Å². The Hall–Kier alpha value is -2.57. The highest BCUT2D eigenvalue weighted by Crippen LogP contribution is 2.47. The first-order valence-corrected chi connectivity index (χ1v) is 12.3. The van der Waals surface area contributed by atoms with Gasteiger partial charge in [-0.3, -0.25) is 14.4 Å². The van der Waals surface area contributed by atoms with E-state index in [0.717, 1.165) is 8.95 Å². The van der Waals surface area contributed by atoms with E-state index in [4.69, 9.17) is 4.74 Å². The Morgan fingerprint density at radius 2 is 1.48 bits per heavy atom. The molecule has 3 aromatic rings. The zero-order valence-electron chi connectivity index (χ0n) is 18.1. The Morgan fingerprint density at radius 1 is 0.848 bits per heavy atom. The third kappa shape index (κ3) is 4.73. The summed E-state index contributed by atoms with van der Waals surface area (Å²) in [5.41, 5.74) is 1.64. The summed E-state index contributed by atoms with van der Waals surface area (Å²) in [7, 11) is 0. The molecule has 0 aromatic heterocycles. The van der Waals surface area contributed by atoms with E-state index in [1.54, 1.807) is 48.5 Å². The second-order valence-corrected chi connectivity index (χ2v) is 10.3. The largest absolute Gasteiger partial charge is 0.426 e. The lowest BCUT2D eigenvalue weighted by Crippen LogP contribution is -2.43. The van der Waals surface area contributed by atoms with Crippen molar-refractivity contribution < 1.29 is 19.1 Å². The summed E-state index contributed by atoms with van der Waals surface area (Å²) >= 11 is 6.90. The molecule has 0 saturated heterocycles. The topological polar surface area (TPSA) is 60.4 Å². The molecule has 168 valence electrons. The fourth-order valence-electron chi connectivity index (χ4n) is 4.51. The van der Waals surface area contributed by atoms with Crippen LogP contribution in [-0.2, 0) is 4.79 Å². The molecule has 1 aliphatic rings. The van der Waals surface area contributed by atoms with E-state index < -0.39 is 23.7 Å². The fraction of sp³-hybridized carbons (Fsp3) is 0.222. The summed E-state index contributed by atoms with van der Waals surface area (Å²) in [6, 6.07) is 21.2. The van der Waals surface area contributed by atoms with Gasteiger partial charge in [0.1, 0.15) is 11.7 Å². The van der Waals surface area contributed by atoms with Crippen LogP contribution in [0.2, 0.25) is 0 Å². The summed E-state index contributed by atoms with van der Waals surface area (Å²) in [6.45, 7) is 3.89. The van der Waals surface area contributed by atoms with Crippen molar-refractivity contribution in [2.24, 2.45) is 17.8 Å². The van der Waals surface area contributed by atoms with Gasteiger partial charge in [-0.05, 0) is 36.2 Å². The number of ether oxygens (including phenoxy) is 1. The molecular formula is C27H22Br2O4. The lowest BCUT2D eigenvalue weighted by Gasteiger charge is -2.37. The predicted octanol–water partition coefficient (Wildman–Crippen LogP) is 6.87. The molecule has 0 aliphatic carbocycles. The molecule has 0 amide bonds. The Kier molecular flexibility index (Phi) is 6.96. The van der Waals surface area contributed by atoms with Crippen LogP contribution >= 0.6 is 31.9 Å². The number of hydrogen-bond acceptors (Lipinski definition) is 4. The van der Waals surface area contributed by atoms with Crippen LogP contribution in [0.3, 0.4) is 0 Å². The van der Waals surface area contributed by atoms with Crippen molar-refractivity contribution in [3.8, 4) is 5.75 Å². The van der Waals surface area contributed by atoms with E-state index in [1.165, 1.54) is 0 Å². The van der Waals surface area contributed by atoms with Gasteiger partial charge in [0, 0.05) is 37.5 Å². The van der Waals surface area contributed by atoms with Crippen LogP contribution in [0.25, 0.3) is 0 Å². The van der Waals surface area contributed by atoms with Crippen LogP contribution in [0.1, 0.15) is 46.0 Å². The Balaban J connectivity index is 1.89. The standard InChI is InChI=1S/C27H22Br2O4/c1-15(2)22(25(30)17-8-10-18(28)11-9-17)23-20-14-19(29)12-13-21(20)33-27(32)24(23)26(31)16-6-4-3-5-7-16/h3-15,22-24H,1-2H3. The molecule has 0 spiro atoms. The number of carbonyl (C=O) groups is 3. The number of halogens is 2. The molecule has 0 N–H and O–H groups in total. The van der Waals surface area contributed by atoms with Gasteiger partial charge in [0.2, 0.25) is 0 Å². The lowest BCUT2D eigenvalue weighted by atomic mass is 9.66. The van der Waals surface area contributed by atoms with Crippen molar-refractivity contribution in [2.45, 2.75) is 19.8 Å². The van der Waals surface area contributed by atoms with Crippen molar-refractivity contribution in [3.63, 3.8) is 0 Å². The minimum Gasteiger partial charge on any atom is -0.426 e. The number of ketones is 2. The van der Waals surface area contributed by atoms with E-state index in [0.29, 0.717) is 22.4 Å². The molecule has 4 rings (SSSR count). The van der Waals surface area contributed by atoms with Gasteiger partial charge in [0.05, 0.1) is 0 Å². The molecule has 3 aromatic carbocycles. The molecule has 1 aliphatic heterocycles. The van der Waals surface area contributed by atoms with Crippen LogP contribution in [-0.4, -0.2) is 17.5 Å². The summed E-state index contributed by atoms with van der Waals surface area (Å²) in [6.07, 6.45) is 0. The molecule has 33 heavy (non-hydrogen) atoms. The molecule has 0 bridgehead atoms. The van der Waals surface area contributed by atoms with Gasteiger partial charge in [0.15, 0.2) is 11.6 Å². The van der Waals surface area contributed by atoms with Crippen molar-refractivity contribution in [1.29, 1.82) is 0 Å². The fourth-order valence-corrected chi connectivity index (χ4v) is 5.15. The highest BCUT2D eigenvalue weighted by Gasteiger charge is 2.49. The number of esters is 1. The number of benzene rings is 3. The summed E-state index contributed by atoms with van der Waals surface area (Å²) in [4.78, 5) is 40.7. The van der Waals surface area contributed by atoms with Gasteiger partial charge in [0.25, 0.3) is 0 Å². The van der Waals surface area contributed by atoms with Crippen molar-refractivity contribution in [3.05, 3.63) is 98.4 Å². The zero-order chi connectivity index (χ0) is 23.7. The maximum Gasteiger partial charge on any atom is 0.322 e. The summed E-state index contributed by atoms with van der Waals surface area (Å²) in [5.74, 6) is -3.21. The Morgan fingerprint density at radius 3 is 2.12 bits per heavy atom. The third-order valence-electron chi connectivity index (χ3n) is 6.03. The smallest absolute Gasteiger partial charge is 0.322 e. The predicted molar refractivity (Wildman–Crippen MR) is 134 cm³/mol. The molecule has 0 saturated carbocycles. The van der Waals surface area contributed by atoms with Crippen LogP contribution in [0.15, 0.2) is 81.7 Å². The zero-order valence-corrected chi connectivity index (χ0v) is 21.3. The number of hydrogen-bond donors (Lipinski definition) is 0. The first kappa shape index (κ1) is 23.6. The second-order valence-electron chi connectivity index (χ2n) is 8.48. The normalized spacial score (nSPS) is 18.4. The maximum absolute atomic E-state index is 13.8. The number of Topliss-reactive ketones (excluding diaryl/α,β-unsaturated/α-hetero) is 2. The summed E-state index contributed by atoms with van der Waals surface area (Å²) in [5, 5.41) is 0. The lowest BCUT2D eigenvalue weighted by molar-refractivity contribution is -0.139. The molecular weight excluding hydrogens is 548 g/mol. The number of fused-ring (bicyclic) bond motifs is 1. The van der Waals surface area contributed by atoms with E-state index in [-0.39, 0.29) is 17.5 Å². The average molecular weight is 570 g/mol. The molecule has 4 nitrogen and oxygen atoms in total. The van der Waals surface area contributed by atoms with Crippen LogP contribution in [0.4, 0.5) is 0 Å². The number of rotatable bonds is 6.